The molecule has 0 aromatic rings. The molecule has 3 saturated carbocycles. The summed E-state index contributed by atoms with van der Waals surface area (Å²) in [4.78, 5) is 34.9. The Morgan fingerprint density at radius 3 is 2.53 bits per heavy atom. The molecule has 3 fully saturated rings. The number of hydrogen-bond donors (Lipinski definition) is 1. The second-order valence-electron chi connectivity index (χ2n) is 10.8. The Hall–Kier alpha value is -1.65. The van der Waals surface area contributed by atoms with Crippen LogP contribution in [0.15, 0.2) is 11.6 Å². The largest absolute Gasteiger partial charge is 0.481 e. The molecule has 0 aromatic heterocycles. The monoisotopic (exact) mass is 416 g/mol. The molecule has 0 radical (unpaired) electrons. The number of ketones is 1. The van der Waals surface area contributed by atoms with Gasteiger partial charge in [0.15, 0.2) is 5.78 Å². The fourth-order valence-electron chi connectivity index (χ4n) is 7.89. The van der Waals surface area contributed by atoms with E-state index in [1.165, 1.54) is 19.3 Å². The Labute approximate surface area is 179 Å². The maximum absolute atomic E-state index is 12.2. The van der Waals surface area contributed by atoms with Crippen LogP contribution >= 0.6 is 0 Å². The Morgan fingerprint density at radius 1 is 1.07 bits per heavy atom. The van der Waals surface area contributed by atoms with Gasteiger partial charge in [-0.05, 0) is 98.4 Å². The third-order valence-electron chi connectivity index (χ3n) is 9.42. The van der Waals surface area contributed by atoms with Crippen molar-refractivity contribution in [1.82, 2.24) is 0 Å². The molecule has 0 heterocycles. The lowest BCUT2D eigenvalue weighted by molar-refractivity contribution is -0.162. The van der Waals surface area contributed by atoms with Crippen LogP contribution in [0, 0.1) is 34.5 Å². The number of hydrogen-bond acceptors (Lipinski definition) is 4. The van der Waals surface area contributed by atoms with E-state index >= 15 is 0 Å². The highest BCUT2D eigenvalue weighted by Gasteiger charge is 2.59. The number of aliphatic carboxylic acids is 1. The summed E-state index contributed by atoms with van der Waals surface area (Å²) in [5, 5.41) is 8.77. The molecule has 0 aliphatic heterocycles. The van der Waals surface area contributed by atoms with Crippen molar-refractivity contribution in [3.63, 3.8) is 0 Å². The highest BCUT2D eigenvalue weighted by Crippen LogP contribution is 2.66. The number of carbonyl (C=O) groups is 3. The molecule has 4 rings (SSSR count). The van der Waals surface area contributed by atoms with Gasteiger partial charge in [-0.2, -0.15) is 0 Å². The number of esters is 1. The van der Waals surface area contributed by atoms with Crippen LogP contribution in [0.2, 0.25) is 0 Å². The van der Waals surface area contributed by atoms with Gasteiger partial charge in [-0.15, -0.1) is 0 Å². The SMILES string of the molecule is CC(=O)C1=CC[C@@H]2[C@@H]3CC[C@H]4C[C@H](OC(=O)CCC(=O)O)CC[C@]4(C)[C@H]3CC[C@]12C. The predicted molar refractivity (Wildman–Crippen MR) is 113 cm³/mol. The minimum atomic E-state index is -0.958. The summed E-state index contributed by atoms with van der Waals surface area (Å²) in [7, 11) is 0. The Bertz CT molecular complexity index is 770. The van der Waals surface area contributed by atoms with Crippen LogP contribution in [-0.4, -0.2) is 28.9 Å². The molecule has 0 unspecified atom stereocenters. The van der Waals surface area contributed by atoms with Crippen LogP contribution in [0.4, 0.5) is 0 Å². The van der Waals surface area contributed by atoms with E-state index in [2.05, 4.69) is 19.9 Å². The van der Waals surface area contributed by atoms with Gasteiger partial charge in [-0.3, -0.25) is 14.4 Å². The van der Waals surface area contributed by atoms with E-state index < -0.39 is 5.97 Å². The molecule has 30 heavy (non-hydrogen) atoms. The van der Waals surface area contributed by atoms with Crippen molar-refractivity contribution in [3.8, 4) is 0 Å². The highest BCUT2D eigenvalue weighted by molar-refractivity contribution is 5.95. The summed E-state index contributed by atoms with van der Waals surface area (Å²) < 4.78 is 5.65. The molecule has 5 heteroatoms. The van der Waals surface area contributed by atoms with Crippen LogP contribution in [-0.2, 0) is 19.1 Å². The lowest BCUT2D eigenvalue weighted by atomic mass is 9.44. The second-order valence-corrected chi connectivity index (χ2v) is 10.8. The van der Waals surface area contributed by atoms with Crippen LogP contribution < -0.4 is 0 Å². The number of allylic oxidation sites excluding steroid dienone is 2. The van der Waals surface area contributed by atoms with E-state index in [9.17, 15) is 14.4 Å². The van der Waals surface area contributed by atoms with Crippen LogP contribution in [0.5, 0.6) is 0 Å². The topological polar surface area (TPSA) is 80.7 Å². The van der Waals surface area contributed by atoms with Gasteiger partial charge in [0.2, 0.25) is 0 Å². The van der Waals surface area contributed by atoms with Crippen molar-refractivity contribution in [2.24, 2.45) is 34.5 Å². The summed E-state index contributed by atoms with van der Waals surface area (Å²) in [6.45, 7) is 6.52. The first kappa shape index (κ1) is 21.6. The fourth-order valence-corrected chi connectivity index (χ4v) is 7.89. The summed E-state index contributed by atoms with van der Waals surface area (Å²) in [6, 6.07) is 0. The van der Waals surface area contributed by atoms with Gasteiger partial charge < -0.3 is 9.84 Å². The Balaban J connectivity index is 1.42. The quantitative estimate of drug-likeness (QED) is 0.643. The molecule has 1 N–H and O–H groups in total. The van der Waals surface area contributed by atoms with Crippen molar-refractivity contribution in [2.75, 3.05) is 0 Å². The standard InChI is InChI=1S/C25H36O5/c1-15(26)19-6-7-20-18-5-4-16-14-17(30-23(29)9-8-22(27)28)10-12-24(16,2)21(18)11-13-25(19,20)3/h6,16-18,20-21H,4-5,7-14H2,1-3H3,(H,27,28)/t16-,17+,18-,20+,21-,24-,25+/m0/s1. The number of fused-ring (bicyclic) bond motifs is 5. The third-order valence-corrected chi connectivity index (χ3v) is 9.42. The lowest BCUT2D eigenvalue weighted by Gasteiger charge is -2.60. The third kappa shape index (κ3) is 3.52. The second kappa shape index (κ2) is 7.80. The van der Waals surface area contributed by atoms with Crippen LogP contribution in [0.1, 0.15) is 85.0 Å². The maximum atomic E-state index is 12.2. The number of carboxylic acids is 1. The molecular formula is C25H36O5. The summed E-state index contributed by atoms with van der Waals surface area (Å²) >= 11 is 0. The van der Waals surface area contributed by atoms with E-state index in [-0.39, 0.29) is 41.5 Å². The van der Waals surface area contributed by atoms with Crippen molar-refractivity contribution in [2.45, 2.75) is 91.1 Å². The van der Waals surface area contributed by atoms with E-state index in [1.807, 2.05) is 0 Å². The van der Waals surface area contributed by atoms with Crippen molar-refractivity contribution >= 4 is 17.7 Å². The highest BCUT2D eigenvalue weighted by atomic mass is 16.5. The molecular weight excluding hydrogens is 380 g/mol. The van der Waals surface area contributed by atoms with E-state index in [0.29, 0.717) is 23.7 Å². The van der Waals surface area contributed by atoms with Crippen molar-refractivity contribution < 1.29 is 24.2 Å². The number of rotatable bonds is 5. The molecule has 0 aromatic carbocycles. The van der Waals surface area contributed by atoms with Crippen LogP contribution in [0.25, 0.3) is 0 Å². The first-order valence-corrected chi connectivity index (χ1v) is 11.8. The van der Waals surface area contributed by atoms with Crippen molar-refractivity contribution in [3.05, 3.63) is 11.6 Å². The number of Topliss-reactive ketones (excluding diaryl/α,β-unsaturated/α-hetero) is 1. The molecule has 0 spiro atoms. The molecule has 4 aliphatic rings. The smallest absolute Gasteiger partial charge is 0.306 e. The van der Waals surface area contributed by atoms with Gasteiger partial charge in [-0.1, -0.05) is 19.9 Å². The van der Waals surface area contributed by atoms with E-state index in [4.69, 9.17) is 9.84 Å². The predicted octanol–water partition coefficient (Wildman–Crippen LogP) is 4.93. The van der Waals surface area contributed by atoms with E-state index in [1.54, 1.807) is 6.92 Å². The number of carbonyl (C=O) groups excluding carboxylic acids is 2. The molecule has 4 aliphatic carbocycles. The van der Waals surface area contributed by atoms with Gasteiger partial charge >= 0.3 is 11.9 Å². The average Bonchev–Trinajstić information content (AvgIpc) is 3.04. The fraction of sp³-hybridized carbons (Fsp3) is 0.800. The van der Waals surface area contributed by atoms with Gasteiger partial charge in [0.25, 0.3) is 0 Å². The lowest BCUT2D eigenvalue weighted by Crippen LogP contribution is -2.54. The van der Waals surface area contributed by atoms with Gasteiger partial charge in [0.1, 0.15) is 6.10 Å². The van der Waals surface area contributed by atoms with Gasteiger partial charge in [-0.25, -0.2) is 0 Å². The number of ether oxygens (including phenoxy) is 1. The summed E-state index contributed by atoms with van der Waals surface area (Å²) in [5.41, 5.74) is 1.43. The Morgan fingerprint density at radius 2 is 1.83 bits per heavy atom. The van der Waals surface area contributed by atoms with Crippen molar-refractivity contribution in [1.29, 1.82) is 0 Å². The molecule has 0 amide bonds. The molecule has 0 bridgehead atoms. The molecule has 166 valence electrons. The maximum Gasteiger partial charge on any atom is 0.306 e. The zero-order valence-corrected chi connectivity index (χ0v) is 18.6. The van der Waals surface area contributed by atoms with Gasteiger partial charge in [0.05, 0.1) is 12.8 Å². The minimum absolute atomic E-state index is 0.0375. The molecule has 0 saturated heterocycles. The zero-order valence-electron chi connectivity index (χ0n) is 18.6. The summed E-state index contributed by atoms with van der Waals surface area (Å²) in [6.07, 6.45) is 10.6. The summed E-state index contributed by atoms with van der Waals surface area (Å²) in [5.74, 6) is 1.46. The normalized spacial score (nSPS) is 42.4. The molecule has 5 nitrogen and oxygen atoms in total. The van der Waals surface area contributed by atoms with Crippen LogP contribution in [0.3, 0.4) is 0 Å². The van der Waals surface area contributed by atoms with Gasteiger partial charge in [0, 0.05) is 0 Å². The minimum Gasteiger partial charge on any atom is -0.481 e. The average molecular weight is 417 g/mol. The first-order valence-electron chi connectivity index (χ1n) is 11.8. The Kier molecular flexibility index (Phi) is 5.61. The first-order chi connectivity index (χ1) is 14.1. The molecule has 7 atom stereocenters. The van der Waals surface area contributed by atoms with E-state index in [0.717, 1.165) is 37.7 Å². The zero-order chi connectivity index (χ0) is 21.7. The number of carboxylic acid groups (broad SMARTS) is 1.